The van der Waals surface area contributed by atoms with E-state index in [1.165, 1.54) is 40.5 Å². The number of para-hydroxylation sites is 1. The molecular formula is C30H29FN4O2. The molecule has 0 atom stereocenters. The first-order valence-electron chi connectivity index (χ1n) is 12.3. The van der Waals surface area contributed by atoms with Crippen LogP contribution in [0.1, 0.15) is 38.6 Å². The maximum Gasteiger partial charge on any atom is 0.273 e. The zero-order valence-corrected chi connectivity index (χ0v) is 20.7. The molecule has 6 nitrogen and oxygen atoms in total. The number of amides is 1. The number of nitrogens with one attached hydrogen (secondary N) is 2. The summed E-state index contributed by atoms with van der Waals surface area (Å²) in [7, 11) is 0. The number of nitrogens with zero attached hydrogens (tertiary/aromatic N) is 2. The van der Waals surface area contributed by atoms with Crippen LogP contribution in [0.4, 0.5) is 4.39 Å². The lowest BCUT2D eigenvalue weighted by atomic mass is 10.1. The van der Waals surface area contributed by atoms with E-state index in [0.29, 0.717) is 12.4 Å². The molecular weight excluding hydrogens is 467 g/mol. The molecule has 37 heavy (non-hydrogen) atoms. The molecule has 0 aliphatic heterocycles. The number of aryl methyl sites for hydroxylation is 1. The van der Waals surface area contributed by atoms with Gasteiger partial charge in [0.25, 0.3) is 5.91 Å². The molecule has 0 aliphatic carbocycles. The van der Waals surface area contributed by atoms with E-state index in [-0.39, 0.29) is 24.0 Å². The summed E-state index contributed by atoms with van der Waals surface area (Å²) in [6, 6.07) is 22.8. The second kappa shape index (κ2) is 11.2. The van der Waals surface area contributed by atoms with E-state index >= 15 is 0 Å². The third kappa shape index (κ3) is 6.32. The van der Waals surface area contributed by atoms with E-state index in [9.17, 15) is 9.18 Å². The number of fused-ring (bicyclic) bond motifs is 1. The van der Waals surface area contributed by atoms with E-state index in [4.69, 9.17) is 4.42 Å². The number of halogens is 1. The van der Waals surface area contributed by atoms with Crippen LogP contribution < -0.4 is 5.32 Å². The molecule has 0 bridgehead atoms. The molecule has 0 unspecified atom stereocenters. The number of H-pyrrole nitrogens is 1. The number of rotatable bonds is 10. The Morgan fingerprint density at radius 3 is 2.57 bits per heavy atom. The van der Waals surface area contributed by atoms with E-state index in [1.807, 2.05) is 6.07 Å². The van der Waals surface area contributed by atoms with Gasteiger partial charge in [-0.3, -0.25) is 9.69 Å². The highest BCUT2D eigenvalue weighted by atomic mass is 19.1. The van der Waals surface area contributed by atoms with E-state index in [1.54, 1.807) is 12.1 Å². The van der Waals surface area contributed by atoms with Crippen molar-refractivity contribution in [2.24, 2.45) is 0 Å². The molecule has 7 heteroatoms. The van der Waals surface area contributed by atoms with Crippen LogP contribution in [-0.2, 0) is 26.1 Å². The van der Waals surface area contributed by atoms with Crippen LogP contribution in [0.2, 0.25) is 0 Å². The fourth-order valence-corrected chi connectivity index (χ4v) is 4.34. The second-order valence-corrected chi connectivity index (χ2v) is 9.24. The summed E-state index contributed by atoms with van der Waals surface area (Å²) < 4.78 is 18.8. The van der Waals surface area contributed by atoms with Crippen LogP contribution in [0.3, 0.4) is 0 Å². The van der Waals surface area contributed by atoms with Gasteiger partial charge in [-0.1, -0.05) is 60.2 Å². The normalized spacial score (nSPS) is 11.3. The fourth-order valence-electron chi connectivity index (χ4n) is 4.34. The zero-order valence-electron chi connectivity index (χ0n) is 20.7. The predicted octanol–water partition coefficient (Wildman–Crippen LogP) is 5.78. The first kappa shape index (κ1) is 24.5. The topological polar surface area (TPSA) is 74.2 Å². The van der Waals surface area contributed by atoms with E-state index in [2.05, 4.69) is 75.8 Å². The van der Waals surface area contributed by atoms with Crippen LogP contribution in [0.25, 0.3) is 10.9 Å². The maximum atomic E-state index is 13.1. The van der Waals surface area contributed by atoms with Crippen molar-refractivity contribution in [3.05, 3.63) is 125 Å². The van der Waals surface area contributed by atoms with Crippen molar-refractivity contribution in [1.82, 2.24) is 20.2 Å². The average Bonchev–Trinajstić information content (AvgIpc) is 3.55. The largest absolute Gasteiger partial charge is 0.447 e. The van der Waals surface area contributed by atoms with Crippen LogP contribution in [0.15, 0.2) is 89.7 Å². The highest BCUT2D eigenvalue weighted by Crippen LogP contribution is 2.20. The Labute approximate surface area is 215 Å². The zero-order chi connectivity index (χ0) is 25.6. The lowest BCUT2D eigenvalue weighted by Gasteiger charge is -2.21. The Bertz CT molecular complexity index is 1470. The number of carbonyl (C=O) groups is 1. The van der Waals surface area contributed by atoms with Crippen LogP contribution in [0.5, 0.6) is 0 Å². The SMILES string of the molecule is Cc1ccc(CN(CCc2c[nH]c3ccccc23)Cc2nc(C(=O)NCc3ccc(F)cc3)co2)cc1. The molecule has 0 aliphatic rings. The van der Waals surface area contributed by atoms with Crippen molar-refractivity contribution in [1.29, 1.82) is 0 Å². The number of aromatic amines is 1. The third-order valence-corrected chi connectivity index (χ3v) is 6.41. The highest BCUT2D eigenvalue weighted by molar-refractivity contribution is 5.91. The van der Waals surface area contributed by atoms with Crippen molar-refractivity contribution in [3.63, 3.8) is 0 Å². The van der Waals surface area contributed by atoms with Crippen LogP contribution in [0, 0.1) is 12.7 Å². The maximum absolute atomic E-state index is 13.1. The predicted molar refractivity (Wildman–Crippen MR) is 141 cm³/mol. The van der Waals surface area contributed by atoms with Gasteiger partial charge in [-0.2, -0.15) is 0 Å². The van der Waals surface area contributed by atoms with Gasteiger partial charge in [0.1, 0.15) is 12.1 Å². The van der Waals surface area contributed by atoms with Crippen LogP contribution in [-0.4, -0.2) is 27.3 Å². The summed E-state index contributed by atoms with van der Waals surface area (Å²) in [6.07, 6.45) is 4.32. The van der Waals surface area contributed by atoms with Crippen molar-refractivity contribution in [2.45, 2.75) is 33.0 Å². The fraction of sp³-hybridized carbons (Fsp3) is 0.200. The quantitative estimate of drug-likeness (QED) is 0.257. The van der Waals surface area contributed by atoms with E-state index < -0.39 is 0 Å². The van der Waals surface area contributed by atoms with Crippen molar-refractivity contribution in [2.75, 3.05) is 6.54 Å². The Kier molecular flexibility index (Phi) is 7.42. The van der Waals surface area contributed by atoms with Gasteiger partial charge in [-0.15, -0.1) is 0 Å². The van der Waals surface area contributed by atoms with Gasteiger partial charge in [0, 0.05) is 36.7 Å². The second-order valence-electron chi connectivity index (χ2n) is 9.24. The van der Waals surface area contributed by atoms with Gasteiger partial charge in [0.05, 0.1) is 6.54 Å². The Balaban J connectivity index is 1.25. The minimum absolute atomic E-state index is 0.226. The summed E-state index contributed by atoms with van der Waals surface area (Å²) >= 11 is 0. The first-order valence-corrected chi connectivity index (χ1v) is 12.3. The summed E-state index contributed by atoms with van der Waals surface area (Å²) in [5, 5.41) is 4.04. The first-order chi connectivity index (χ1) is 18.0. The van der Waals surface area contributed by atoms with Crippen molar-refractivity contribution < 1.29 is 13.6 Å². The summed E-state index contributed by atoms with van der Waals surface area (Å²) in [5.41, 5.74) is 5.85. The molecule has 2 N–H and O–H groups in total. The molecule has 2 aromatic heterocycles. The summed E-state index contributed by atoms with van der Waals surface area (Å²) in [6.45, 7) is 4.36. The van der Waals surface area contributed by atoms with Crippen molar-refractivity contribution >= 4 is 16.8 Å². The monoisotopic (exact) mass is 496 g/mol. The van der Waals surface area contributed by atoms with Gasteiger partial charge in [0.15, 0.2) is 5.69 Å². The molecule has 0 spiro atoms. The number of benzene rings is 3. The molecule has 5 aromatic rings. The third-order valence-electron chi connectivity index (χ3n) is 6.41. The average molecular weight is 497 g/mol. The minimum Gasteiger partial charge on any atom is -0.447 e. The van der Waals surface area contributed by atoms with Crippen molar-refractivity contribution in [3.8, 4) is 0 Å². The van der Waals surface area contributed by atoms with E-state index in [0.717, 1.165) is 30.6 Å². The molecule has 0 saturated carbocycles. The lowest BCUT2D eigenvalue weighted by Crippen LogP contribution is -2.26. The highest BCUT2D eigenvalue weighted by Gasteiger charge is 2.16. The number of oxazole rings is 1. The summed E-state index contributed by atoms with van der Waals surface area (Å²) in [5.74, 6) is -0.155. The molecule has 3 aromatic carbocycles. The van der Waals surface area contributed by atoms with Gasteiger partial charge >= 0.3 is 0 Å². The van der Waals surface area contributed by atoms with Gasteiger partial charge in [-0.05, 0) is 48.2 Å². The molecule has 5 rings (SSSR count). The van der Waals surface area contributed by atoms with Gasteiger partial charge in [-0.25, -0.2) is 9.37 Å². The molecule has 1 amide bonds. The summed E-state index contributed by atoms with van der Waals surface area (Å²) in [4.78, 5) is 22.7. The Morgan fingerprint density at radius 1 is 1.00 bits per heavy atom. The molecule has 0 fully saturated rings. The van der Waals surface area contributed by atoms with Gasteiger partial charge in [0.2, 0.25) is 5.89 Å². The molecule has 188 valence electrons. The number of carbonyl (C=O) groups excluding carboxylic acids is 1. The standard InChI is InChI=1S/C30H29FN4O2/c1-21-6-8-23(9-7-21)18-35(15-14-24-17-32-27-5-3-2-4-26(24)27)19-29-34-28(20-37-29)30(36)33-16-22-10-12-25(31)13-11-22/h2-13,17,20,32H,14-16,18-19H2,1H3,(H,33,36). The lowest BCUT2D eigenvalue weighted by molar-refractivity contribution is 0.0945. The van der Waals surface area contributed by atoms with Crippen LogP contribution >= 0.6 is 0 Å². The number of hydrogen-bond acceptors (Lipinski definition) is 4. The minimum atomic E-state index is -0.330. The van der Waals surface area contributed by atoms with Gasteiger partial charge < -0.3 is 14.7 Å². The number of hydrogen-bond donors (Lipinski definition) is 2. The Hall–Kier alpha value is -4.23. The molecule has 0 saturated heterocycles. The molecule has 0 radical (unpaired) electrons. The molecule has 2 heterocycles. The smallest absolute Gasteiger partial charge is 0.273 e. The number of aromatic nitrogens is 2. The Morgan fingerprint density at radius 2 is 1.76 bits per heavy atom.